The second-order valence-corrected chi connectivity index (χ2v) is 8.77. The Kier molecular flexibility index (Phi) is 6.80. The molecule has 5 aromatic rings. The zero-order valence-corrected chi connectivity index (χ0v) is 20.9. The van der Waals surface area contributed by atoms with Crippen molar-refractivity contribution >= 4 is 23.2 Å². The third-order valence-corrected chi connectivity index (χ3v) is 5.92. The minimum absolute atomic E-state index is 0.143. The van der Waals surface area contributed by atoms with Crippen LogP contribution in [0.15, 0.2) is 85.7 Å². The van der Waals surface area contributed by atoms with E-state index in [0.717, 1.165) is 23.3 Å². The Morgan fingerprint density at radius 3 is 2.51 bits per heavy atom. The fourth-order valence-corrected chi connectivity index (χ4v) is 3.89. The lowest BCUT2D eigenvalue weighted by atomic mass is 10.1. The zero-order valence-electron chi connectivity index (χ0n) is 20.9. The van der Waals surface area contributed by atoms with Crippen LogP contribution in [0.4, 0.5) is 30.5 Å². The minimum atomic E-state index is -4.54. The lowest BCUT2D eigenvalue weighted by molar-refractivity contribution is -0.137. The van der Waals surface area contributed by atoms with Gasteiger partial charge in [0.25, 0.3) is 5.91 Å². The molecule has 2 aromatic carbocycles. The van der Waals surface area contributed by atoms with Crippen molar-refractivity contribution in [2.75, 3.05) is 10.6 Å². The fraction of sp³-hybridized carbons (Fsp3) is 0.107. The molecule has 8 nitrogen and oxygen atoms in total. The van der Waals surface area contributed by atoms with Crippen LogP contribution in [0.3, 0.4) is 0 Å². The lowest BCUT2D eigenvalue weighted by Crippen LogP contribution is -2.15. The number of benzene rings is 2. The van der Waals surface area contributed by atoms with Gasteiger partial charge < -0.3 is 15.2 Å². The molecule has 3 heterocycles. The van der Waals surface area contributed by atoms with Gasteiger partial charge >= 0.3 is 6.18 Å². The molecular formula is C28H22F3N7O. The number of carbonyl (C=O) groups excluding carboxylic acids is 1. The van der Waals surface area contributed by atoms with Crippen LogP contribution in [-0.2, 0) is 6.18 Å². The summed E-state index contributed by atoms with van der Waals surface area (Å²) in [5.41, 5.74) is 3.36. The maximum Gasteiger partial charge on any atom is 0.416 e. The highest BCUT2D eigenvalue weighted by Crippen LogP contribution is 2.34. The van der Waals surface area contributed by atoms with E-state index in [4.69, 9.17) is 0 Å². The van der Waals surface area contributed by atoms with Crippen molar-refractivity contribution in [2.45, 2.75) is 20.0 Å². The standard InChI is InChI=1S/C28H22F3N7O/c1-17-5-6-19(12-24(17)37-27-33-11-9-22(36-27)20-4-3-10-32-14-20)26(39)35-23-8-7-21(28(29,30)31)13-25(23)38-15-18(2)34-16-38/h3-16H,1-2H3,(H,35,39)(H,33,36,37). The van der Waals surface area contributed by atoms with Crippen LogP contribution in [0.5, 0.6) is 0 Å². The minimum Gasteiger partial charge on any atom is -0.324 e. The van der Waals surface area contributed by atoms with E-state index in [-0.39, 0.29) is 11.4 Å². The van der Waals surface area contributed by atoms with Crippen LogP contribution < -0.4 is 10.6 Å². The molecule has 2 N–H and O–H groups in total. The van der Waals surface area contributed by atoms with Crippen molar-refractivity contribution in [3.05, 3.63) is 108 Å². The molecule has 0 aliphatic carbocycles. The number of imidazole rings is 1. The van der Waals surface area contributed by atoms with Gasteiger partial charge in [0.2, 0.25) is 5.95 Å². The molecule has 0 aliphatic heterocycles. The third kappa shape index (κ3) is 5.77. The van der Waals surface area contributed by atoms with Crippen molar-refractivity contribution in [1.29, 1.82) is 0 Å². The van der Waals surface area contributed by atoms with Gasteiger partial charge in [-0.05, 0) is 67.9 Å². The Morgan fingerprint density at radius 2 is 1.79 bits per heavy atom. The summed E-state index contributed by atoms with van der Waals surface area (Å²) in [5, 5.41) is 5.88. The molecule has 5 rings (SSSR count). The van der Waals surface area contributed by atoms with Gasteiger partial charge in [-0.25, -0.2) is 15.0 Å². The number of carbonyl (C=O) groups is 1. The SMILES string of the molecule is Cc1cn(-c2cc(C(F)(F)F)ccc2NC(=O)c2ccc(C)c(Nc3nccc(-c4cccnc4)n3)c2)cn1. The summed E-state index contributed by atoms with van der Waals surface area (Å²) in [7, 11) is 0. The largest absolute Gasteiger partial charge is 0.416 e. The van der Waals surface area contributed by atoms with Gasteiger partial charge in [0.1, 0.15) is 0 Å². The number of halogens is 3. The van der Waals surface area contributed by atoms with E-state index in [2.05, 4.69) is 30.6 Å². The van der Waals surface area contributed by atoms with E-state index in [0.29, 0.717) is 28.6 Å². The van der Waals surface area contributed by atoms with E-state index in [1.807, 2.05) is 19.1 Å². The van der Waals surface area contributed by atoms with Gasteiger partial charge in [-0.3, -0.25) is 9.78 Å². The molecule has 0 aliphatic rings. The smallest absolute Gasteiger partial charge is 0.324 e. The predicted octanol–water partition coefficient (Wildman–Crippen LogP) is 6.36. The number of aromatic nitrogens is 5. The number of alkyl halides is 3. The maximum absolute atomic E-state index is 13.4. The molecule has 3 aromatic heterocycles. The zero-order chi connectivity index (χ0) is 27.6. The molecule has 0 bridgehead atoms. The molecule has 1 amide bonds. The molecule has 0 spiro atoms. The summed E-state index contributed by atoms with van der Waals surface area (Å²) < 4.78 is 41.6. The highest BCUT2D eigenvalue weighted by molar-refractivity contribution is 6.06. The van der Waals surface area contributed by atoms with E-state index in [9.17, 15) is 18.0 Å². The number of nitrogens with one attached hydrogen (secondary N) is 2. The number of aryl methyl sites for hydroxylation is 2. The van der Waals surface area contributed by atoms with E-state index in [1.165, 1.54) is 17.0 Å². The normalized spacial score (nSPS) is 11.3. The van der Waals surface area contributed by atoms with Crippen LogP contribution in [0.25, 0.3) is 16.9 Å². The number of anilines is 3. The Labute approximate surface area is 221 Å². The first kappa shape index (κ1) is 25.6. The highest BCUT2D eigenvalue weighted by atomic mass is 19.4. The molecule has 0 unspecified atom stereocenters. The van der Waals surface area contributed by atoms with Gasteiger partial charge in [-0.15, -0.1) is 0 Å². The van der Waals surface area contributed by atoms with Gasteiger partial charge in [0, 0.05) is 41.6 Å². The average Bonchev–Trinajstić information content (AvgIpc) is 3.36. The summed E-state index contributed by atoms with van der Waals surface area (Å²) in [6.07, 6.45) is 3.43. The molecular weight excluding hydrogens is 507 g/mol. The first-order chi connectivity index (χ1) is 18.7. The van der Waals surface area contributed by atoms with E-state index >= 15 is 0 Å². The molecule has 11 heteroatoms. The molecule has 0 saturated carbocycles. The lowest BCUT2D eigenvalue weighted by Gasteiger charge is -2.16. The van der Waals surface area contributed by atoms with Crippen molar-refractivity contribution in [3.63, 3.8) is 0 Å². The maximum atomic E-state index is 13.4. The van der Waals surface area contributed by atoms with Crippen molar-refractivity contribution in [3.8, 4) is 16.9 Å². The Balaban J connectivity index is 1.42. The molecule has 39 heavy (non-hydrogen) atoms. The molecule has 0 fully saturated rings. The Bertz CT molecular complexity index is 1650. The van der Waals surface area contributed by atoms with Gasteiger partial charge in [0.05, 0.1) is 34.7 Å². The number of nitrogens with zero attached hydrogens (tertiary/aromatic N) is 5. The molecule has 0 saturated heterocycles. The number of rotatable bonds is 6. The monoisotopic (exact) mass is 529 g/mol. The van der Waals surface area contributed by atoms with Gasteiger partial charge in [-0.1, -0.05) is 6.07 Å². The summed E-state index contributed by atoms with van der Waals surface area (Å²) in [6.45, 7) is 3.59. The first-order valence-electron chi connectivity index (χ1n) is 11.8. The molecule has 0 radical (unpaired) electrons. The number of amides is 1. The van der Waals surface area contributed by atoms with E-state index in [1.54, 1.807) is 56.0 Å². The number of hydrogen-bond donors (Lipinski definition) is 2. The average molecular weight is 530 g/mol. The van der Waals surface area contributed by atoms with Gasteiger partial charge in [-0.2, -0.15) is 13.2 Å². The summed E-state index contributed by atoms with van der Waals surface area (Å²) in [4.78, 5) is 30.2. The summed E-state index contributed by atoms with van der Waals surface area (Å²) in [5.74, 6) is -0.168. The summed E-state index contributed by atoms with van der Waals surface area (Å²) in [6, 6.07) is 13.6. The van der Waals surface area contributed by atoms with E-state index < -0.39 is 17.6 Å². The fourth-order valence-electron chi connectivity index (χ4n) is 3.89. The van der Waals surface area contributed by atoms with Crippen LogP contribution in [-0.4, -0.2) is 30.4 Å². The molecule has 0 atom stereocenters. The highest BCUT2D eigenvalue weighted by Gasteiger charge is 2.31. The molecule has 196 valence electrons. The van der Waals surface area contributed by atoms with Crippen LogP contribution in [0, 0.1) is 13.8 Å². The topological polar surface area (TPSA) is 97.6 Å². The quantitative estimate of drug-likeness (QED) is 0.266. The number of hydrogen-bond acceptors (Lipinski definition) is 6. The number of pyridine rings is 1. The van der Waals surface area contributed by atoms with Crippen LogP contribution in [0.2, 0.25) is 0 Å². The van der Waals surface area contributed by atoms with Gasteiger partial charge in [0.15, 0.2) is 0 Å². The van der Waals surface area contributed by atoms with Crippen molar-refractivity contribution in [1.82, 2.24) is 24.5 Å². The third-order valence-electron chi connectivity index (χ3n) is 5.92. The second kappa shape index (κ2) is 10.4. The Hall–Kier alpha value is -5.06. The second-order valence-electron chi connectivity index (χ2n) is 8.77. The van der Waals surface area contributed by atoms with Crippen molar-refractivity contribution in [2.24, 2.45) is 0 Å². The first-order valence-corrected chi connectivity index (χ1v) is 11.8. The summed E-state index contributed by atoms with van der Waals surface area (Å²) >= 11 is 0. The Morgan fingerprint density at radius 1 is 0.949 bits per heavy atom. The van der Waals surface area contributed by atoms with Crippen molar-refractivity contribution < 1.29 is 18.0 Å². The van der Waals surface area contributed by atoms with Crippen LogP contribution >= 0.6 is 0 Å². The predicted molar refractivity (Wildman–Crippen MR) is 141 cm³/mol. The van der Waals surface area contributed by atoms with Crippen LogP contribution in [0.1, 0.15) is 27.2 Å².